The Morgan fingerprint density at radius 3 is 2.48 bits per heavy atom. The van der Waals surface area contributed by atoms with Crippen LogP contribution in [0.15, 0.2) is 30.3 Å². The second-order valence-electron chi connectivity index (χ2n) is 6.21. The lowest BCUT2D eigenvalue weighted by molar-refractivity contribution is 0.0751. The number of phenolic OH excluding ortho intramolecular Hbond substituents is 1. The number of amides is 1. The van der Waals surface area contributed by atoms with Gasteiger partial charge in [-0.25, -0.2) is 0 Å². The minimum Gasteiger partial charge on any atom is -0.508 e. The van der Waals surface area contributed by atoms with Gasteiger partial charge in [0.25, 0.3) is 5.91 Å². The van der Waals surface area contributed by atoms with Crippen LogP contribution in [0.25, 0.3) is 0 Å². The summed E-state index contributed by atoms with van der Waals surface area (Å²) in [6.07, 6.45) is 3.51. The number of nitrogens with zero attached hydrogens (tertiary/aromatic N) is 2. The van der Waals surface area contributed by atoms with Crippen molar-refractivity contribution in [1.82, 2.24) is 4.90 Å². The zero-order valence-electron chi connectivity index (χ0n) is 13.0. The van der Waals surface area contributed by atoms with E-state index in [-0.39, 0.29) is 11.7 Å². The summed E-state index contributed by atoms with van der Waals surface area (Å²) in [5.74, 6) is 0.475. The van der Waals surface area contributed by atoms with Crippen molar-refractivity contribution in [2.45, 2.75) is 19.3 Å². The van der Waals surface area contributed by atoms with Crippen LogP contribution < -0.4 is 4.90 Å². The molecule has 0 radical (unpaired) electrons. The molecule has 1 aliphatic heterocycles. The van der Waals surface area contributed by atoms with E-state index in [0.29, 0.717) is 0 Å². The van der Waals surface area contributed by atoms with Crippen molar-refractivity contribution in [3.63, 3.8) is 0 Å². The third-order valence-corrected chi connectivity index (χ3v) is 5.96. The maximum atomic E-state index is 12.7. The Morgan fingerprint density at radius 1 is 1.04 bits per heavy atom. The van der Waals surface area contributed by atoms with Gasteiger partial charge in [0.1, 0.15) is 5.75 Å². The van der Waals surface area contributed by atoms with E-state index in [1.165, 1.54) is 16.9 Å². The fourth-order valence-corrected chi connectivity index (χ4v) is 4.64. The molecule has 5 heteroatoms. The molecule has 120 valence electrons. The highest BCUT2D eigenvalue weighted by atomic mass is 32.1. The Kier molecular flexibility index (Phi) is 3.73. The molecule has 1 N–H and O–H groups in total. The molecule has 0 spiro atoms. The Bertz CT molecular complexity index is 694. The zero-order valence-corrected chi connectivity index (χ0v) is 13.8. The third-order valence-electron chi connectivity index (χ3n) is 4.74. The third kappa shape index (κ3) is 2.81. The van der Waals surface area contributed by atoms with Crippen LogP contribution in [0.5, 0.6) is 5.75 Å². The monoisotopic (exact) mass is 328 g/mol. The van der Waals surface area contributed by atoms with Gasteiger partial charge in [-0.2, -0.15) is 0 Å². The highest BCUT2D eigenvalue weighted by Crippen LogP contribution is 2.31. The maximum absolute atomic E-state index is 12.7. The fraction of sp³-hybridized carbons (Fsp3) is 0.389. The molecule has 1 aliphatic carbocycles. The molecule has 1 aromatic carbocycles. The van der Waals surface area contributed by atoms with Crippen molar-refractivity contribution in [3.8, 4) is 5.75 Å². The van der Waals surface area contributed by atoms with Crippen LogP contribution in [0.3, 0.4) is 0 Å². The topological polar surface area (TPSA) is 43.8 Å². The maximum Gasteiger partial charge on any atom is 0.264 e. The highest BCUT2D eigenvalue weighted by Gasteiger charge is 2.25. The predicted octanol–water partition coefficient (Wildman–Crippen LogP) is 2.90. The van der Waals surface area contributed by atoms with Crippen LogP contribution in [0.1, 0.15) is 26.5 Å². The molecular weight excluding hydrogens is 308 g/mol. The van der Waals surface area contributed by atoms with Crippen LogP contribution in [0.2, 0.25) is 0 Å². The number of carbonyl (C=O) groups excluding carboxylic acids is 1. The number of carbonyl (C=O) groups is 1. The Balaban J connectivity index is 1.40. The van der Waals surface area contributed by atoms with Crippen molar-refractivity contribution in [1.29, 1.82) is 0 Å². The first-order chi connectivity index (χ1) is 11.2. The molecule has 2 heterocycles. The molecule has 23 heavy (non-hydrogen) atoms. The summed E-state index contributed by atoms with van der Waals surface area (Å²) in [7, 11) is 0. The highest BCUT2D eigenvalue weighted by molar-refractivity contribution is 7.14. The van der Waals surface area contributed by atoms with Crippen molar-refractivity contribution in [2.24, 2.45) is 0 Å². The lowest BCUT2D eigenvalue weighted by Gasteiger charge is -2.36. The number of hydrogen-bond donors (Lipinski definition) is 1. The van der Waals surface area contributed by atoms with Crippen molar-refractivity contribution in [2.75, 3.05) is 31.1 Å². The van der Waals surface area contributed by atoms with Crippen molar-refractivity contribution >= 4 is 22.9 Å². The molecule has 1 saturated heterocycles. The summed E-state index contributed by atoms with van der Waals surface area (Å²) in [5.41, 5.74) is 2.49. The Morgan fingerprint density at radius 2 is 1.78 bits per heavy atom. The first-order valence-corrected chi connectivity index (χ1v) is 8.97. The van der Waals surface area contributed by atoms with E-state index < -0.39 is 0 Å². The number of benzene rings is 1. The van der Waals surface area contributed by atoms with E-state index in [4.69, 9.17) is 0 Å². The van der Waals surface area contributed by atoms with E-state index in [9.17, 15) is 9.90 Å². The van der Waals surface area contributed by atoms with Gasteiger partial charge in [-0.1, -0.05) is 0 Å². The lowest BCUT2D eigenvalue weighted by atomic mass is 10.2. The van der Waals surface area contributed by atoms with E-state index in [0.717, 1.165) is 49.6 Å². The number of phenols is 1. The number of thiophene rings is 1. The van der Waals surface area contributed by atoms with Gasteiger partial charge in [-0.3, -0.25) is 4.79 Å². The number of hydrogen-bond acceptors (Lipinski definition) is 4. The fourth-order valence-electron chi connectivity index (χ4n) is 3.42. The van der Waals surface area contributed by atoms with E-state index in [1.807, 2.05) is 17.0 Å². The Hall–Kier alpha value is -2.01. The summed E-state index contributed by atoms with van der Waals surface area (Å²) < 4.78 is 0. The van der Waals surface area contributed by atoms with E-state index >= 15 is 0 Å². The number of piperazine rings is 1. The standard InChI is InChI=1S/C18H20N2O2S/c21-15-6-4-14(5-7-15)19-8-10-20(11-9-19)18(22)17-12-13-2-1-3-16(13)23-17/h4-7,12,21H,1-3,8-11H2. The summed E-state index contributed by atoms with van der Waals surface area (Å²) >= 11 is 1.69. The molecule has 4 nitrogen and oxygen atoms in total. The summed E-state index contributed by atoms with van der Waals surface area (Å²) in [6, 6.07) is 9.38. The summed E-state index contributed by atoms with van der Waals surface area (Å²) in [5, 5.41) is 9.38. The lowest BCUT2D eigenvalue weighted by Crippen LogP contribution is -2.48. The molecule has 2 aromatic rings. The first kappa shape index (κ1) is 14.6. The zero-order chi connectivity index (χ0) is 15.8. The molecule has 1 aromatic heterocycles. The quantitative estimate of drug-likeness (QED) is 0.922. The number of rotatable bonds is 2. The largest absolute Gasteiger partial charge is 0.508 e. The Labute approximate surface area is 140 Å². The molecule has 1 amide bonds. The van der Waals surface area contributed by atoms with Gasteiger partial charge in [0.2, 0.25) is 0 Å². The van der Waals surface area contributed by atoms with Crippen LogP contribution in [-0.4, -0.2) is 42.1 Å². The average Bonchev–Trinajstić information content (AvgIpc) is 3.17. The average molecular weight is 328 g/mol. The molecule has 0 saturated carbocycles. The number of aryl methyl sites for hydroxylation is 2. The molecule has 1 fully saturated rings. The smallest absolute Gasteiger partial charge is 0.264 e. The van der Waals surface area contributed by atoms with Crippen molar-refractivity contribution in [3.05, 3.63) is 45.6 Å². The van der Waals surface area contributed by atoms with Crippen LogP contribution >= 0.6 is 11.3 Å². The molecule has 0 unspecified atom stereocenters. The minimum atomic E-state index is 0.190. The van der Waals surface area contributed by atoms with Gasteiger partial charge in [-0.05, 0) is 55.2 Å². The van der Waals surface area contributed by atoms with Gasteiger partial charge in [0.15, 0.2) is 0 Å². The summed E-state index contributed by atoms with van der Waals surface area (Å²) in [6.45, 7) is 3.17. The number of aromatic hydroxyl groups is 1. The first-order valence-electron chi connectivity index (χ1n) is 8.15. The van der Waals surface area contributed by atoms with Crippen LogP contribution in [0, 0.1) is 0 Å². The van der Waals surface area contributed by atoms with Gasteiger partial charge >= 0.3 is 0 Å². The second-order valence-corrected chi connectivity index (χ2v) is 7.35. The number of anilines is 1. The van der Waals surface area contributed by atoms with Gasteiger partial charge < -0.3 is 14.9 Å². The molecule has 0 atom stereocenters. The van der Waals surface area contributed by atoms with Crippen LogP contribution in [0.4, 0.5) is 5.69 Å². The molecular formula is C18H20N2O2S. The normalized spacial score (nSPS) is 17.4. The minimum absolute atomic E-state index is 0.190. The van der Waals surface area contributed by atoms with Gasteiger partial charge in [0, 0.05) is 36.7 Å². The molecule has 2 aliphatic rings. The van der Waals surface area contributed by atoms with Gasteiger partial charge in [0.05, 0.1) is 4.88 Å². The molecule has 4 rings (SSSR count). The second kappa shape index (κ2) is 5.89. The van der Waals surface area contributed by atoms with E-state index in [1.54, 1.807) is 23.5 Å². The molecule has 0 bridgehead atoms. The summed E-state index contributed by atoms with van der Waals surface area (Å²) in [4.78, 5) is 19.2. The van der Waals surface area contributed by atoms with Crippen molar-refractivity contribution < 1.29 is 9.90 Å². The SMILES string of the molecule is O=C(c1cc2c(s1)CCC2)N1CCN(c2ccc(O)cc2)CC1. The van der Waals surface area contributed by atoms with Gasteiger partial charge in [-0.15, -0.1) is 11.3 Å². The van der Waals surface area contributed by atoms with E-state index in [2.05, 4.69) is 11.0 Å². The van der Waals surface area contributed by atoms with Crippen LogP contribution in [-0.2, 0) is 12.8 Å². The number of fused-ring (bicyclic) bond motifs is 1. The predicted molar refractivity (Wildman–Crippen MR) is 92.6 cm³/mol.